The highest BCUT2D eigenvalue weighted by molar-refractivity contribution is 5.40. The molecule has 6 heteroatoms. The lowest BCUT2D eigenvalue weighted by atomic mass is 10.1. The summed E-state index contributed by atoms with van der Waals surface area (Å²) in [4.78, 5) is 0. The van der Waals surface area contributed by atoms with Crippen LogP contribution in [0.25, 0.3) is 0 Å². The van der Waals surface area contributed by atoms with E-state index in [4.69, 9.17) is 0 Å². The Morgan fingerprint density at radius 1 is 1.28 bits per heavy atom. The molecule has 1 atom stereocenters. The molecule has 0 aliphatic heterocycles. The van der Waals surface area contributed by atoms with Gasteiger partial charge in [0.2, 0.25) is 0 Å². The van der Waals surface area contributed by atoms with Gasteiger partial charge in [0.05, 0.1) is 0 Å². The van der Waals surface area contributed by atoms with Gasteiger partial charge in [0.1, 0.15) is 11.5 Å². The van der Waals surface area contributed by atoms with Crippen LogP contribution in [-0.4, -0.2) is 22.9 Å². The normalized spacial score (nSPS) is 13.6. The van der Waals surface area contributed by atoms with Gasteiger partial charge < -0.3 is 15.5 Å². The molecule has 0 aliphatic rings. The zero-order valence-corrected chi connectivity index (χ0v) is 9.96. The summed E-state index contributed by atoms with van der Waals surface area (Å²) in [6, 6.07) is 3.75. The molecule has 0 fully saturated rings. The first-order valence-corrected chi connectivity index (χ1v) is 5.61. The highest BCUT2D eigenvalue weighted by Gasteiger charge is 2.26. The van der Waals surface area contributed by atoms with Crippen LogP contribution in [0, 0.1) is 0 Å². The van der Waals surface area contributed by atoms with E-state index in [1.54, 1.807) is 6.92 Å². The molecule has 0 aliphatic carbocycles. The van der Waals surface area contributed by atoms with Crippen molar-refractivity contribution in [1.82, 2.24) is 5.32 Å². The van der Waals surface area contributed by atoms with Crippen LogP contribution in [0.15, 0.2) is 18.2 Å². The van der Waals surface area contributed by atoms with E-state index in [1.165, 1.54) is 18.2 Å². The molecule has 1 aromatic carbocycles. The van der Waals surface area contributed by atoms with Crippen molar-refractivity contribution < 1.29 is 23.4 Å². The third kappa shape index (κ3) is 4.83. The molecular formula is C12H16F3NO2. The molecule has 1 aromatic rings. The predicted molar refractivity (Wildman–Crippen MR) is 61.5 cm³/mol. The number of hydrogen-bond donors (Lipinski definition) is 3. The van der Waals surface area contributed by atoms with Crippen molar-refractivity contribution in [3.8, 4) is 11.5 Å². The quantitative estimate of drug-likeness (QED) is 0.565. The number of phenols is 2. The number of hydrogen-bond acceptors (Lipinski definition) is 3. The van der Waals surface area contributed by atoms with Gasteiger partial charge in [-0.3, -0.25) is 0 Å². The van der Waals surface area contributed by atoms with E-state index in [2.05, 4.69) is 5.32 Å². The van der Waals surface area contributed by atoms with Crippen LogP contribution >= 0.6 is 0 Å². The first kappa shape index (κ1) is 14.6. The fraction of sp³-hybridized carbons (Fsp3) is 0.500. The predicted octanol–water partition coefficient (Wildman–Crippen LogP) is 3.09. The molecule has 0 amide bonds. The number of halogens is 3. The molecule has 3 nitrogen and oxygen atoms in total. The van der Waals surface area contributed by atoms with Crippen LogP contribution in [0.5, 0.6) is 11.5 Å². The van der Waals surface area contributed by atoms with Gasteiger partial charge >= 0.3 is 6.18 Å². The number of rotatable bonds is 5. The zero-order chi connectivity index (χ0) is 13.8. The summed E-state index contributed by atoms with van der Waals surface area (Å²) >= 11 is 0. The third-order valence-electron chi connectivity index (χ3n) is 2.57. The largest absolute Gasteiger partial charge is 0.508 e. The molecular weight excluding hydrogens is 247 g/mol. The van der Waals surface area contributed by atoms with E-state index in [0.29, 0.717) is 5.56 Å². The maximum Gasteiger partial charge on any atom is 0.389 e. The molecule has 0 heterocycles. The smallest absolute Gasteiger partial charge is 0.389 e. The summed E-state index contributed by atoms with van der Waals surface area (Å²) in [5.41, 5.74) is 0.460. The Balaban J connectivity index is 2.45. The van der Waals surface area contributed by atoms with Gasteiger partial charge in [0.25, 0.3) is 0 Å². The van der Waals surface area contributed by atoms with E-state index < -0.39 is 12.6 Å². The standard InChI is InChI=1S/C12H16F3NO2/c1-8(16-6-2-5-12(13,14)15)10-7-9(17)3-4-11(10)18/h3-4,7-8,16-18H,2,5-6H2,1H3. The lowest BCUT2D eigenvalue weighted by Crippen LogP contribution is -2.21. The molecule has 102 valence electrons. The fourth-order valence-electron chi connectivity index (χ4n) is 1.61. The Labute approximate surface area is 103 Å². The molecule has 3 N–H and O–H groups in total. The number of benzene rings is 1. The van der Waals surface area contributed by atoms with Gasteiger partial charge in [-0.25, -0.2) is 0 Å². The monoisotopic (exact) mass is 263 g/mol. The van der Waals surface area contributed by atoms with Gasteiger partial charge in [-0.05, 0) is 38.1 Å². The Bertz CT molecular complexity index is 393. The van der Waals surface area contributed by atoms with Crippen LogP contribution in [0.2, 0.25) is 0 Å². The van der Waals surface area contributed by atoms with Crippen molar-refractivity contribution in [3.05, 3.63) is 23.8 Å². The molecule has 0 saturated heterocycles. The summed E-state index contributed by atoms with van der Waals surface area (Å²) in [5.74, 6) is 0.00960. The lowest BCUT2D eigenvalue weighted by Gasteiger charge is -2.16. The molecule has 18 heavy (non-hydrogen) atoms. The third-order valence-corrected chi connectivity index (χ3v) is 2.57. The second-order valence-corrected chi connectivity index (χ2v) is 4.14. The Morgan fingerprint density at radius 2 is 1.94 bits per heavy atom. The summed E-state index contributed by atoms with van der Waals surface area (Å²) in [7, 11) is 0. The number of phenolic OH excluding ortho intramolecular Hbond substituents is 2. The topological polar surface area (TPSA) is 52.5 Å². The van der Waals surface area contributed by atoms with E-state index >= 15 is 0 Å². The summed E-state index contributed by atoms with van der Waals surface area (Å²) in [6.07, 6.45) is -5.00. The highest BCUT2D eigenvalue weighted by Crippen LogP contribution is 2.28. The molecule has 0 saturated carbocycles. The molecule has 1 rings (SSSR count). The van der Waals surface area contributed by atoms with E-state index in [-0.39, 0.29) is 30.5 Å². The van der Waals surface area contributed by atoms with Gasteiger partial charge in [0.15, 0.2) is 0 Å². The van der Waals surface area contributed by atoms with Gasteiger partial charge in [-0.2, -0.15) is 13.2 Å². The average Bonchev–Trinajstić information content (AvgIpc) is 2.26. The number of nitrogens with one attached hydrogen (secondary N) is 1. The van der Waals surface area contributed by atoms with Crippen LogP contribution in [0.3, 0.4) is 0 Å². The number of aromatic hydroxyl groups is 2. The van der Waals surface area contributed by atoms with E-state index in [1.807, 2.05) is 0 Å². The second kappa shape index (κ2) is 5.95. The van der Waals surface area contributed by atoms with Crippen LogP contribution < -0.4 is 5.32 Å². The minimum Gasteiger partial charge on any atom is -0.508 e. The number of alkyl halides is 3. The van der Waals surface area contributed by atoms with Crippen LogP contribution in [0.1, 0.15) is 31.4 Å². The Kier molecular flexibility index (Phi) is 4.84. The SMILES string of the molecule is CC(NCCCC(F)(F)F)c1cc(O)ccc1O. The van der Waals surface area contributed by atoms with Crippen molar-refractivity contribution >= 4 is 0 Å². The molecule has 0 aromatic heterocycles. The summed E-state index contributed by atoms with van der Waals surface area (Å²) < 4.78 is 35.8. The van der Waals surface area contributed by atoms with Crippen molar-refractivity contribution in [2.24, 2.45) is 0 Å². The Morgan fingerprint density at radius 3 is 2.56 bits per heavy atom. The molecule has 0 bridgehead atoms. The highest BCUT2D eigenvalue weighted by atomic mass is 19.4. The molecule has 0 spiro atoms. The first-order valence-electron chi connectivity index (χ1n) is 5.61. The van der Waals surface area contributed by atoms with Crippen molar-refractivity contribution in [1.29, 1.82) is 0 Å². The van der Waals surface area contributed by atoms with Crippen molar-refractivity contribution in [2.45, 2.75) is 32.0 Å². The summed E-state index contributed by atoms with van der Waals surface area (Å²) in [5, 5.41) is 21.7. The van der Waals surface area contributed by atoms with Gasteiger partial charge in [0, 0.05) is 18.0 Å². The maximum absolute atomic E-state index is 11.9. The minimum atomic E-state index is -4.14. The average molecular weight is 263 g/mol. The van der Waals surface area contributed by atoms with E-state index in [0.717, 1.165) is 0 Å². The first-order chi connectivity index (χ1) is 8.29. The minimum absolute atomic E-state index is 0.00335. The molecule has 0 radical (unpaired) electrons. The van der Waals surface area contributed by atoms with Gasteiger partial charge in [-0.1, -0.05) is 0 Å². The van der Waals surface area contributed by atoms with E-state index in [9.17, 15) is 23.4 Å². The van der Waals surface area contributed by atoms with Crippen molar-refractivity contribution in [3.63, 3.8) is 0 Å². The van der Waals surface area contributed by atoms with Crippen LogP contribution in [0.4, 0.5) is 13.2 Å². The van der Waals surface area contributed by atoms with Crippen molar-refractivity contribution in [2.75, 3.05) is 6.54 Å². The summed E-state index contributed by atoms with van der Waals surface area (Å²) in [6.45, 7) is 1.90. The Hall–Kier alpha value is -1.43. The van der Waals surface area contributed by atoms with Gasteiger partial charge in [-0.15, -0.1) is 0 Å². The second-order valence-electron chi connectivity index (χ2n) is 4.14. The van der Waals surface area contributed by atoms with Crippen LogP contribution in [-0.2, 0) is 0 Å². The fourth-order valence-corrected chi connectivity index (χ4v) is 1.61. The molecule has 1 unspecified atom stereocenters. The lowest BCUT2D eigenvalue weighted by molar-refractivity contribution is -0.135. The zero-order valence-electron chi connectivity index (χ0n) is 9.96. The maximum atomic E-state index is 11.9.